The lowest BCUT2D eigenvalue weighted by Gasteiger charge is -2.44. The smallest absolute Gasteiger partial charge is 0.217 e. The first kappa shape index (κ1) is 11.1. The molecule has 3 rings (SSSR count). The van der Waals surface area contributed by atoms with Crippen molar-refractivity contribution in [1.29, 1.82) is 0 Å². The van der Waals surface area contributed by atoms with Crippen molar-refractivity contribution in [2.45, 2.75) is 18.2 Å². The minimum atomic E-state index is -0.403. The number of rotatable bonds is 1. The van der Waals surface area contributed by atoms with E-state index >= 15 is 0 Å². The Hall–Kier alpha value is -1.04. The Labute approximate surface area is 99.8 Å². The fourth-order valence-electron chi connectivity index (χ4n) is 2.69. The first-order valence-corrected chi connectivity index (χ1v) is 5.92. The Kier molecular flexibility index (Phi) is 2.82. The lowest BCUT2D eigenvalue weighted by molar-refractivity contribution is -0.119. The largest absolute Gasteiger partial charge is 0.369 e. The Bertz CT molecular complexity index is 412. The topological polar surface area (TPSA) is 37.4 Å². The molecule has 1 aromatic rings. The standard InChI is InChI=1S/C12H16FN3O/c1-16-6-8-5-15-11(10(7-16)17-8)9-3-2-4-14-12(9)13/h2-4,8,10-11,15H,5-7H2,1H3/t8?,10-,11?/m0/s1. The molecule has 0 spiro atoms. The summed E-state index contributed by atoms with van der Waals surface area (Å²) < 4.78 is 19.6. The van der Waals surface area contributed by atoms with Crippen LogP contribution in [-0.2, 0) is 4.74 Å². The number of halogens is 1. The molecule has 3 heterocycles. The van der Waals surface area contributed by atoms with Gasteiger partial charge in [-0.15, -0.1) is 0 Å². The highest BCUT2D eigenvalue weighted by Gasteiger charge is 2.37. The van der Waals surface area contributed by atoms with Crippen LogP contribution in [0.3, 0.4) is 0 Å². The molecule has 0 saturated carbocycles. The Morgan fingerprint density at radius 2 is 2.41 bits per heavy atom. The number of hydrogen-bond acceptors (Lipinski definition) is 4. The summed E-state index contributed by atoms with van der Waals surface area (Å²) in [6, 6.07) is 3.44. The highest BCUT2D eigenvalue weighted by molar-refractivity contribution is 5.19. The fourth-order valence-corrected chi connectivity index (χ4v) is 2.69. The molecule has 1 aromatic heterocycles. The predicted octanol–water partition coefficient (Wildman–Crippen LogP) is 0.564. The summed E-state index contributed by atoms with van der Waals surface area (Å²) in [6.07, 6.45) is 1.69. The lowest BCUT2D eigenvalue weighted by Crippen LogP contribution is -2.58. The van der Waals surface area contributed by atoms with Gasteiger partial charge in [0.25, 0.3) is 0 Å². The van der Waals surface area contributed by atoms with E-state index in [9.17, 15) is 4.39 Å². The van der Waals surface area contributed by atoms with Crippen LogP contribution in [-0.4, -0.2) is 48.8 Å². The number of nitrogens with one attached hydrogen (secondary N) is 1. The van der Waals surface area contributed by atoms with Crippen LogP contribution < -0.4 is 5.32 Å². The van der Waals surface area contributed by atoms with Gasteiger partial charge < -0.3 is 15.0 Å². The number of likely N-dealkylation sites (N-methyl/N-ethyl adjacent to an activating group) is 1. The first-order valence-electron chi connectivity index (χ1n) is 5.92. The summed E-state index contributed by atoms with van der Waals surface area (Å²) in [4.78, 5) is 5.94. The third kappa shape index (κ3) is 2.06. The molecule has 2 fully saturated rings. The van der Waals surface area contributed by atoms with Gasteiger partial charge in [-0.3, -0.25) is 0 Å². The molecule has 0 amide bonds. The van der Waals surface area contributed by atoms with Crippen molar-refractivity contribution in [3.05, 3.63) is 29.8 Å². The molecule has 1 N–H and O–H groups in total. The zero-order chi connectivity index (χ0) is 11.8. The molecule has 92 valence electrons. The molecule has 4 nitrogen and oxygen atoms in total. The van der Waals surface area contributed by atoms with Gasteiger partial charge in [-0.1, -0.05) is 6.07 Å². The van der Waals surface area contributed by atoms with Crippen LogP contribution in [0.4, 0.5) is 4.39 Å². The zero-order valence-electron chi connectivity index (χ0n) is 9.77. The molecule has 2 unspecified atom stereocenters. The van der Waals surface area contributed by atoms with Crippen LogP contribution in [0.25, 0.3) is 0 Å². The van der Waals surface area contributed by atoms with E-state index in [2.05, 4.69) is 22.2 Å². The quantitative estimate of drug-likeness (QED) is 0.724. The Morgan fingerprint density at radius 1 is 1.53 bits per heavy atom. The second-order valence-corrected chi connectivity index (χ2v) is 4.79. The van der Waals surface area contributed by atoms with E-state index in [0.29, 0.717) is 5.56 Å². The number of ether oxygens (including phenoxy) is 1. The molecular weight excluding hydrogens is 221 g/mol. The van der Waals surface area contributed by atoms with Gasteiger partial charge in [0, 0.05) is 31.4 Å². The van der Waals surface area contributed by atoms with Gasteiger partial charge in [0.2, 0.25) is 5.95 Å². The summed E-state index contributed by atoms with van der Waals surface area (Å²) in [6.45, 7) is 2.52. The van der Waals surface area contributed by atoms with Crippen LogP contribution in [0.2, 0.25) is 0 Å². The van der Waals surface area contributed by atoms with Crippen LogP contribution in [0.5, 0.6) is 0 Å². The van der Waals surface area contributed by atoms with E-state index in [4.69, 9.17) is 4.74 Å². The van der Waals surface area contributed by atoms with Crippen LogP contribution in [0, 0.1) is 5.95 Å². The average Bonchev–Trinajstić information content (AvgIpc) is 2.30. The van der Waals surface area contributed by atoms with Gasteiger partial charge in [-0.25, -0.2) is 4.98 Å². The highest BCUT2D eigenvalue weighted by Crippen LogP contribution is 2.28. The molecule has 2 aliphatic rings. The summed E-state index contributed by atoms with van der Waals surface area (Å²) in [5.41, 5.74) is 0.603. The average molecular weight is 237 g/mol. The molecule has 0 radical (unpaired) electrons. The van der Waals surface area contributed by atoms with E-state index in [-0.39, 0.29) is 18.2 Å². The van der Waals surface area contributed by atoms with E-state index in [1.165, 1.54) is 6.20 Å². The van der Waals surface area contributed by atoms with Crippen molar-refractivity contribution in [3.8, 4) is 0 Å². The summed E-state index contributed by atoms with van der Waals surface area (Å²) in [5, 5.41) is 3.37. The number of hydrogen-bond donors (Lipinski definition) is 1. The number of nitrogens with zero attached hydrogens (tertiary/aromatic N) is 2. The first-order chi connectivity index (χ1) is 8.24. The van der Waals surface area contributed by atoms with Crippen molar-refractivity contribution < 1.29 is 9.13 Å². The number of aromatic nitrogens is 1. The fraction of sp³-hybridized carbons (Fsp3) is 0.583. The van der Waals surface area contributed by atoms with E-state index < -0.39 is 5.95 Å². The zero-order valence-corrected chi connectivity index (χ0v) is 9.77. The van der Waals surface area contributed by atoms with Gasteiger partial charge >= 0.3 is 0 Å². The van der Waals surface area contributed by atoms with Gasteiger partial charge in [-0.2, -0.15) is 4.39 Å². The van der Waals surface area contributed by atoms with Crippen molar-refractivity contribution in [3.63, 3.8) is 0 Å². The number of morpholine rings is 2. The van der Waals surface area contributed by atoms with Crippen molar-refractivity contribution in [2.24, 2.45) is 0 Å². The van der Waals surface area contributed by atoms with Crippen molar-refractivity contribution in [1.82, 2.24) is 15.2 Å². The summed E-state index contributed by atoms with van der Waals surface area (Å²) >= 11 is 0. The second kappa shape index (κ2) is 4.33. The minimum Gasteiger partial charge on any atom is -0.369 e. The van der Waals surface area contributed by atoms with Crippen LogP contribution >= 0.6 is 0 Å². The van der Waals surface area contributed by atoms with Crippen LogP contribution in [0.15, 0.2) is 18.3 Å². The van der Waals surface area contributed by atoms with Crippen molar-refractivity contribution >= 4 is 0 Å². The van der Waals surface area contributed by atoms with E-state index in [1.54, 1.807) is 12.1 Å². The van der Waals surface area contributed by atoms with Gasteiger partial charge in [0.15, 0.2) is 0 Å². The molecule has 0 aromatic carbocycles. The normalized spacial score (nSPS) is 33.6. The second-order valence-electron chi connectivity index (χ2n) is 4.79. The SMILES string of the molecule is CN1CC2CNC(c3cccnc3F)[C@H](C1)O2. The number of pyridine rings is 1. The predicted molar refractivity (Wildman–Crippen MR) is 61.1 cm³/mol. The molecule has 2 aliphatic heterocycles. The summed E-state index contributed by atoms with van der Waals surface area (Å²) in [5.74, 6) is -0.403. The summed E-state index contributed by atoms with van der Waals surface area (Å²) in [7, 11) is 2.07. The van der Waals surface area contributed by atoms with Gasteiger partial charge in [0.1, 0.15) is 0 Å². The van der Waals surface area contributed by atoms with Gasteiger partial charge in [-0.05, 0) is 13.1 Å². The Morgan fingerprint density at radius 3 is 3.24 bits per heavy atom. The third-order valence-electron chi connectivity index (χ3n) is 3.43. The molecular formula is C12H16FN3O. The minimum absolute atomic E-state index is 0.00574. The third-order valence-corrected chi connectivity index (χ3v) is 3.43. The maximum atomic E-state index is 13.7. The van der Waals surface area contributed by atoms with E-state index in [0.717, 1.165) is 19.6 Å². The van der Waals surface area contributed by atoms with Crippen LogP contribution in [0.1, 0.15) is 11.6 Å². The number of fused-ring (bicyclic) bond motifs is 2. The molecule has 17 heavy (non-hydrogen) atoms. The monoisotopic (exact) mass is 237 g/mol. The Balaban J connectivity index is 1.86. The highest BCUT2D eigenvalue weighted by atomic mass is 19.1. The molecule has 0 aliphatic carbocycles. The maximum Gasteiger partial charge on any atom is 0.217 e. The molecule has 2 saturated heterocycles. The molecule has 5 heteroatoms. The van der Waals surface area contributed by atoms with Gasteiger partial charge in [0.05, 0.1) is 18.2 Å². The molecule has 2 bridgehead atoms. The molecule has 3 atom stereocenters. The lowest BCUT2D eigenvalue weighted by atomic mass is 9.97. The maximum absolute atomic E-state index is 13.7. The van der Waals surface area contributed by atoms with Crippen molar-refractivity contribution in [2.75, 3.05) is 26.7 Å². The van der Waals surface area contributed by atoms with E-state index in [1.807, 2.05) is 0 Å².